The van der Waals surface area contributed by atoms with Crippen molar-refractivity contribution in [3.05, 3.63) is 35.8 Å². The quantitative estimate of drug-likeness (QED) is 0.649. The topological polar surface area (TPSA) is 34.4 Å². The number of hydrogen-bond acceptors (Lipinski definition) is 2. The van der Waals surface area contributed by atoms with E-state index in [0.717, 1.165) is 23.9 Å². The molecule has 2 rings (SSSR count). The molecule has 0 radical (unpaired) electrons. The maximum Gasteiger partial charge on any atom is 0.168 e. The zero-order valence-electron chi connectivity index (χ0n) is 7.40. The van der Waals surface area contributed by atoms with Gasteiger partial charge in [0.15, 0.2) is 6.29 Å². The average Bonchev–Trinajstić information content (AvgIpc) is 2.60. The molecule has 0 spiro atoms. The van der Waals surface area contributed by atoms with Crippen molar-refractivity contribution >= 4 is 11.9 Å². The van der Waals surface area contributed by atoms with Gasteiger partial charge in [-0.2, -0.15) is 0 Å². The van der Waals surface area contributed by atoms with Crippen LogP contribution in [0.2, 0.25) is 0 Å². The number of pyridine rings is 1. The van der Waals surface area contributed by atoms with Crippen LogP contribution in [0, 0.1) is 0 Å². The van der Waals surface area contributed by atoms with E-state index >= 15 is 0 Å². The SMILES string of the molecule is CCc1cccn2c(C=O)cnc12. The molecule has 0 unspecified atom stereocenters. The van der Waals surface area contributed by atoms with E-state index in [2.05, 4.69) is 11.9 Å². The molecule has 0 N–H and O–H groups in total. The second kappa shape index (κ2) is 3.01. The van der Waals surface area contributed by atoms with Crippen LogP contribution in [0.15, 0.2) is 24.5 Å². The highest BCUT2D eigenvalue weighted by atomic mass is 16.1. The second-order valence-corrected chi connectivity index (χ2v) is 2.88. The molecule has 0 atom stereocenters. The Morgan fingerprint density at radius 3 is 3.15 bits per heavy atom. The molecule has 0 bridgehead atoms. The molecule has 3 heteroatoms. The van der Waals surface area contributed by atoms with E-state index < -0.39 is 0 Å². The highest BCUT2D eigenvalue weighted by molar-refractivity contribution is 5.74. The molecule has 66 valence electrons. The zero-order valence-corrected chi connectivity index (χ0v) is 7.40. The van der Waals surface area contributed by atoms with Crippen molar-refractivity contribution in [3.63, 3.8) is 0 Å². The van der Waals surface area contributed by atoms with Crippen LogP contribution >= 0.6 is 0 Å². The van der Waals surface area contributed by atoms with Gasteiger partial charge in [-0.05, 0) is 18.1 Å². The smallest absolute Gasteiger partial charge is 0.168 e. The minimum absolute atomic E-state index is 0.602. The summed E-state index contributed by atoms with van der Waals surface area (Å²) in [5, 5.41) is 0. The molecule has 0 aromatic carbocycles. The number of fused-ring (bicyclic) bond motifs is 1. The number of carbonyl (C=O) groups is 1. The Balaban J connectivity index is 2.79. The molecule has 0 aliphatic rings. The Morgan fingerprint density at radius 2 is 2.46 bits per heavy atom. The predicted molar refractivity (Wildman–Crippen MR) is 50.0 cm³/mol. The van der Waals surface area contributed by atoms with Gasteiger partial charge in [0.2, 0.25) is 0 Å². The van der Waals surface area contributed by atoms with Gasteiger partial charge in [-0.25, -0.2) is 4.98 Å². The minimum Gasteiger partial charge on any atom is -0.297 e. The average molecular weight is 174 g/mol. The van der Waals surface area contributed by atoms with Gasteiger partial charge in [0, 0.05) is 6.20 Å². The third kappa shape index (κ3) is 1.13. The summed E-state index contributed by atoms with van der Waals surface area (Å²) in [6, 6.07) is 3.96. The molecular weight excluding hydrogens is 164 g/mol. The molecule has 0 aliphatic heterocycles. The molecule has 0 fully saturated rings. The Kier molecular flexibility index (Phi) is 1.85. The summed E-state index contributed by atoms with van der Waals surface area (Å²) in [4.78, 5) is 14.8. The van der Waals surface area contributed by atoms with Crippen LogP contribution < -0.4 is 0 Å². The number of rotatable bonds is 2. The molecule has 13 heavy (non-hydrogen) atoms. The lowest BCUT2D eigenvalue weighted by Crippen LogP contribution is -1.93. The summed E-state index contributed by atoms with van der Waals surface area (Å²) >= 11 is 0. The van der Waals surface area contributed by atoms with Gasteiger partial charge in [-0.15, -0.1) is 0 Å². The van der Waals surface area contributed by atoms with Crippen LogP contribution in [0.25, 0.3) is 5.65 Å². The van der Waals surface area contributed by atoms with E-state index in [1.807, 2.05) is 22.7 Å². The van der Waals surface area contributed by atoms with Crippen LogP contribution in [0.4, 0.5) is 0 Å². The molecule has 0 saturated carbocycles. The molecule has 0 amide bonds. The van der Waals surface area contributed by atoms with Gasteiger partial charge in [0.25, 0.3) is 0 Å². The number of aryl methyl sites for hydroxylation is 1. The van der Waals surface area contributed by atoms with Crippen molar-refractivity contribution < 1.29 is 4.79 Å². The van der Waals surface area contributed by atoms with E-state index in [0.29, 0.717) is 5.69 Å². The predicted octanol–water partition coefficient (Wildman–Crippen LogP) is 1.71. The van der Waals surface area contributed by atoms with Crippen molar-refractivity contribution in [3.8, 4) is 0 Å². The monoisotopic (exact) mass is 174 g/mol. The summed E-state index contributed by atoms with van der Waals surface area (Å²) in [7, 11) is 0. The van der Waals surface area contributed by atoms with Crippen LogP contribution in [-0.4, -0.2) is 15.7 Å². The molecule has 2 heterocycles. The van der Waals surface area contributed by atoms with Gasteiger partial charge in [0.05, 0.1) is 6.20 Å². The fourth-order valence-corrected chi connectivity index (χ4v) is 1.45. The first-order valence-corrected chi connectivity index (χ1v) is 4.27. The Bertz CT molecular complexity index is 445. The molecular formula is C10H10N2O. The van der Waals surface area contributed by atoms with Crippen molar-refractivity contribution in [2.45, 2.75) is 13.3 Å². The van der Waals surface area contributed by atoms with Gasteiger partial charge < -0.3 is 0 Å². The second-order valence-electron chi connectivity index (χ2n) is 2.88. The van der Waals surface area contributed by atoms with E-state index in [4.69, 9.17) is 0 Å². The van der Waals surface area contributed by atoms with Crippen LogP contribution in [0.5, 0.6) is 0 Å². The van der Waals surface area contributed by atoms with Gasteiger partial charge in [-0.3, -0.25) is 9.20 Å². The fraction of sp³-hybridized carbons (Fsp3) is 0.200. The lowest BCUT2D eigenvalue weighted by molar-refractivity contribution is 0.111. The van der Waals surface area contributed by atoms with Gasteiger partial charge in [0.1, 0.15) is 11.3 Å². The minimum atomic E-state index is 0.602. The van der Waals surface area contributed by atoms with Crippen LogP contribution in [0.3, 0.4) is 0 Å². The summed E-state index contributed by atoms with van der Waals surface area (Å²) in [5.74, 6) is 0. The number of imidazole rings is 1. The maximum atomic E-state index is 10.6. The fourth-order valence-electron chi connectivity index (χ4n) is 1.45. The van der Waals surface area contributed by atoms with Gasteiger partial charge in [-0.1, -0.05) is 13.0 Å². The lowest BCUT2D eigenvalue weighted by Gasteiger charge is -1.99. The van der Waals surface area contributed by atoms with Crippen molar-refractivity contribution in [1.82, 2.24) is 9.38 Å². The lowest BCUT2D eigenvalue weighted by atomic mass is 10.2. The third-order valence-corrected chi connectivity index (χ3v) is 2.15. The van der Waals surface area contributed by atoms with Crippen molar-refractivity contribution in [1.29, 1.82) is 0 Å². The first-order valence-electron chi connectivity index (χ1n) is 4.27. The summed E-state index contributed by atoms with van der Waals surface area (Å²) in [6.07, 6.45) is 5.20. The molecule has 3 nitrogen and oxygen atoms in total. The number of hydrogen-bond donors (Lipinski definition) is 0. The van der Waals surface area contributed by atoms with Crippen LogP contribution in [0.1, 0.15) is 23.0 Å². The molecule has 0 aliphatic carbocycles. The summed E-state index contributed by atoms with van der Waals surface area (Å²) in [5.41, 5.74) is 2.65. The number of aldehydes is 1. The summed E-state index contributed by atoms with van der Waals surface area (Å²) in [6.45, 7) is 2.07. The summed E-state index contributed by atoms with van der Waals surface area (Å²) < 4.78 is 1.81. The van der Waals surface area contributed by atoms with Crippen molar-refractivity contribution in [2.24, 2.45) is 0 Å². The highest BCUT2D eigenvalue weighted by Crippen LogP contribution is 2.11. The van der Waals surface area contributed by atoms with E-state index in [-0.39, 0.29) is 0 Å². The Labute approximate surface area is 76.0 Å². The van der Waals surface area contributed by atoms with Crippen LogP contribution in [-0.2, 0) is 6.42 Å². The zero-order chi connectivity index (χ0) is 9.26. The first kappa shape index (κ1) is 7.98. The first-order chi connectivity index (χ1) is 6.36. The highest BCUT2D eigenvalue weighted by Gasteiger charge is 2.03. The molecule has 2 aromatic rings. The number of carbonyl (C=O) groups excluding carboxylic acids is 1. The van der Waals surface area contributed by atoms with E-state index in [1.54, 1.807) is 6.20 Å². The van der Waals surface area contributed by atoms with E-state index in [9.17, 15) is 4.79 Å². The normalized spacial score (nSPS) is 10.5. The third-order valence-electron chi connectivity index (χ3n) is 2.15. The Hall–Kier alpha value is -1.64. The molecule has 0 saturated heterocycles. The largest absolute Gasteiger partial charge is 0.297 e. The van der Waals surface area contributed by atoms with E-state index in [1.165, 1.54) is 0 Å². The number of nitrogens with zero attached hydrogens (tertiary/aromatic N) is 2. The van der Waals surface area contributed by atoms with Crippen molar-refractivity contribution in [2.75, 3.05) is 0 Å². The Morgan fingerprint density at radius 1 is 1.62 bits per heavy atom. The maximum absolute atomic E-state index is 10.6. The standard InChI is InChI=1S/C10H10N2O/c1-2-8-4-3-5-12-9(7-13)6-11-10(8)12/h3-7H,2H2,1H3. The molecule has 2 aromatic heterocycles. The van der Waals surface area contributed by atoms with Gasteiger partial charge >= 0.3 is 0 Å². The number of aromatic nitrogens is 2.